The fourth-order valence-corrected chi connectivity index (χ4v) is 2.82. The lowest BCUT2D eigenvalue weighted by Gasteiger charge is -2.12. The quantitative estimate of drug-likeness (QED) is 0.603. The fourth-order valence-electron chi connectivity index (χ4n) is 2.82. The number of benzene rings is 1. The lowest BCUT2D eigenvalue weighted by molar-refractivity contribution is 0.0638. The maximum atomic E-state index is 12.5. The van der Waals surface area contributed by atoms with Crippen LogP contribution in [0.15, 0.2) is 36.5 Å². The van der Waals surface area contributed by atoms with E-state index in [1.807, 2.05) is 13.0 Å². The molecule has 0 fully saturated rings. The van der Waals surface area contributed by atoms with Gasteiger partial charge < -0.3 is 10.1 Å². The van der Waals surface area contributed by atoms with Gasteiger partial charge in [-0.15, -0.1) is 0 Å². The first-order chi connectivity index (χ1) is 13.0. The van der Waals surface area contributed by atoms with Gasteiger partial charge in [0.15, 0.2) is 0 Å². The van der Waals surface area contributed by atoms with Gasteiger partial charge in [0.1, 0.15) is 5.82 Å². The highest BCUT2D eigenvalue weighted by molar-refractivity contribution is 6.22. The third kappa shape index (κ3) is 4.12. The van der Waals surface area contributed by atoms with Crippen molar-refractivity contribution in [1.29, 1.82) is 0 Å². The first-order valence-corrected chi connectivity index (χ1v) is 8.49. The summed E-state index contributed by atoms with van der Waals surface area (Å²) >= 11 is 0. The highest BCUT2D eigenvalue weighted by Gasteiger charge is 2.35. The Hall–Kier alpha value is -3.26. The molecule has 0 saturated heterocycles. The van der Waals surface area contributed by atoms with Crippen LogP contribution in [0.5, 0.6) is 0 Å². The summed E-state index contributed by atoms with van der Waals surface area (Å²) in [4.78, 5) is 42.3. The average Bonchev–Trinajstić information content (AvgIpc) is 2.86. The summed E-state index contributed by atoms with van der Waals surface area (Å²) < 4.78 is 4.96. The predicted octanol–water partition coefficient (Wildman–Crippen LogP) is 2.67. The van der Waals surface area contributed by atoms with Crippen LogP contribution in [0.1, 0.15) is 32.7 Å². The van der Waals surface area contributed by atoms with E-state index in [-0.39, 0.29) is 17.4 Å². The number of amides is 4. The highest BCUT2D eigenvalue weighted by atomic mass is 16.5. The summed E-state index contributed by atoms with van der Waals surface area (Å²) in [5.41, 5.74) is 2.00. The molecule has 0 saturated carbocycles. The minimum absolute atomic E-state index is 0.281. The maximum Gasteiger partial charge on any atom is 0.324 e. The smallest absolute Gasteiger partial charge is 0.324 e. The van der Waals surface area contributed by atoms with Crippen LogP contribution in [-0.4, -0.2) is 48.0 Å². The predicted molar refractivity (Wildman–Crippen MR) is 99.9 cm³/mol. The van der Waals surface area contributed by atoms with Crippen LogP contribution in [0.3, 0.4) is 0 Å². The molecule has 1 aromatic heterocycles. The van der Waals surface area contributed by atoms with Gasteiger partial charge in [-0.2, -0.15) is 0 Å². The number of carbonyl (C=O) groups is 3. The van der Waals surface area contributed by atoms with Gasteiger partial charge in [0.2, 0.25) is 0 Å². The van der Waals surface area contributed by atoms with Crippen molar-refractivity contribution < 1.29 is 19.1 Å². The molecule has 0 radical (unpaired) electrons. The number of carbonyl (C=O) groups excluding carboxylic acids is 3. The van der Waals surface area contributed by atoms with Crippen LogP contribution in [-0.2, 0) is 4.74 Å². The number of rotatable bonds is 6. The van der Waals surface area contributed by atoms with Crippen molar-refractivity contribution in [3.63, 3.8) is 0 Å². The Morgan fingerprint density at radius 2 is 1.89 bits per heavy atom. The number of nitrogens with one attached hydrogen (secondary N) is 2. The Kier molecular flexibility index (Phi) is 5.46. The molecule has 1 aromatic carbocycles. The Balaban J connectivity index is 1.69. The Morgan fingerprint density at radius 1 is 1.11 bits per heavy atom. The molecule has 140 valence electrons. The number of urea groups is 1. The van der Waals surface area contributed by atoms with Crippen molar-refractivity contribution >= 4 is 29.4 Å². The van der Waals surface area contributed by atoms with Crippen LogP contribution in [0.25, 0.3) is 0 Å². The van der Waals surface area contributed by atoms with E-state index in [9.17, 15) is 14.4 Å². The number of aromatic nitrogens is 1. The SMILES string of the molecule is COCCCN1C(=O)c2ccc(NC(=O)Nc3cc(C)ccn3)cc2C1=O. The van der Waals surface area contributed by atoms with E-state index in [0.717, 1.165) is 5.56 Å². The number of nitrogens with zero attached hydrogens (tertiary/aromatic N) is 2. The number of aryl methyl sites for hydroxylation is 1. The van der Waals surface area contributed by atoms with E-state index >= 15 is 0 Å². The van der Waals surface area contributed by atoms with Crippen molar-refractivity contribution in [3.05, 3.63) is 53.2 Å². The molecule has 2 heterocycles. The van der Waals surface area contributed by atoms with E-state index in [4.69, 9.17) is 4.74 Å². The number of anilines is 2. The second-order valence-corrected chi connectivity index (χ2v) is 6.17. The van der Waals surface area contributed by atoms with Crippen molar-refractivity contribution in [2.45, 2.75) is 13.3 Å². The lowest BCUT2D eigenvalue weighted by Crippen LogP contribution is -2.31. The van der Waals surface area contributed by atoms with Crippen LogP contribution in [0.4, 0.5) is 16.3 Å². The highest BCUT2D eigenvalue weighted by Crippen LogP contribution is 2.26. The maximum absolute atomic E-state index is 12.5. The van der Waals surface area contributed by atoms with Gasteiger partial charge in [-0.3, -0.25) is 19.8 Å². The molecule has 0 atom stereocenters. The molecular formula is C19H20N4O4. The van der Waals surface area contributed by atoms with Gasteiger partial charge in [-0.25, -0.2) is 9.78 Å². The van der Waals surface area contributed by atoms with Crippen molar-refractivity contribution in [2.75, 3.05) is 30.9 Å². The van der Waals surface area contributed by atoms with Crippen LogP contribution < -0.4 is 10.6 Å². The molecule has 0 spiro atoms. The van der Waals surface area contributed by atoms with E-state index in [1.165, 1.54) is 11.0 Å². The molecule has 0 bridgehead atoms. The third-order valence-electron chi connectivity index (χ3n) is 4.12. The first kappa shape index (κ1) is 18.5. The average molecular weight is 368 g/mol. The molecule has 3 rings (SSSR count). The second kappa shape index (κ2) is 7.96. The zero-order chi connectivity index (χ0) is 19.4. The molecule has 8 nitrogen and oxygen atoms in total. The monoisotopic (exact) mass is 368 g/mol. The van der Waals surface area contributed by atoms with Gasteiger partial charge in [0.25, 0.3) is 11.8 Å². The molecule has 0 aliphatic carbocycles. The molecule has 2 N–H and O–H groups in total. The summed E-state index contributed by atoms with van der Waals surface area (Å²) in [7, 11) is 1.57. The first-order valence-electron chi connectivity index (χ1n) is 8.49. The summed E-state index contributed by atoms with van der Waals surface area (Å²) in [6.45, 7) is 2.65. The zero-order valence-corrected chi connectivity index (χ0v) is 15.1. The van der Waals surface area contributed by atoms with Gasteiger partial charge >= 0.3 is 6.03 Å². The summed E-state index contributed by atoms with van der Waals surface area (Å²) in [5, 5.41) is 5.27. The van der Waals surface area contributed by atoms with Crippen LogP contribution >= 0.6 is 0 Å². The van der Waals surface area contributed by atoms with Crippen LogP contribution in [0, 0.1) is 6.92 Å². The zero-order valence-electron chi connectivity index (χ0n) is 15.1. The molecule has 8 heteroatoms. The summed E-state index contributed by atoms with van der Waals surface area (Å²) in [6.07, 6.45) is 2.17. The standard InChI is InChI=1S/C19H20N4O4/c1-12-6-7-20-16(10-12)22-19(26)21-13-4-5-14-15(11-13)18(25)23(17(14)24)8-3-9-27-2/h4-7,10-11H,3,8-9H2,1-2H3,(H2,20,21,22,26). The van der Waals surface area contributed by atoms with Crippen LogP contribution in [0.2, 0.25) is 0 Å². The summed E-state index contributed by atoms with van der Waals surface area (Å²) in [6, 6.07) is 7.72. The lowest BCUT2D eigenvalue weighted by atomic mass is 10.1. The number of ether oxygens (including phenoxy) is 1. The van der Waals surface area contributed by atoms with E-state index in [0.29, 0.717) is 36.6 Å². The van der Waals surface area contributed by atoms with Crippen molar-refractivity contribution in [2.24, 2.45) is 0 Å². The molecular weight excluding hydrogens is 348 g/mol. The topological polar surface area (TPSA) is 101 Å². The van der Waals surface area contributed by atoms with Crippen molar-refractivity contribution in [3.8, 4) is 0 Å². The Morgan fingerprint density at radius 3 is 2.63 bits per heavy atom. The Labute approximate surface area is 156 Å². The molecule has 27 heavy (non-hydrogen) atoms. The number of methoxy groups -OCH3 is 1. The third-order valence-corrected chi connectivity index (χ3v) is 4.12. The minimum atomic E-state index is -0.484. The molecule has 0 unspecified atom stereocenters. The number of pyridine rings is 1. The number of hydrogen-bond donors (Lipinski definition) is 2. The normalized spacial score (nSPS) is 12.9. The second-order valence-electron chi connectivity index (χ2n) is 6.17. The largest absolute Gasteiger partial charge is 0.385 e. The fraction of sp³-hybridized carbons (Fsp3) is 0.263. The molecule has 1 aliphatic rings. The Bertz CT molecular complexity index is 897. The van der Waals surface area contributed by atoms with E-state index < -0.39 is 6.03 Å². The number of hydrogen-bond acceptors (Lipinski definition) is 5. The molecule has 2 aromatic rings. The van der Waals surface area contributed by atoms with Gasteiger partial charge in [0, 0.05) is 32.1 Å². The van der Waals surface area contributed by atoms with Gasteiger partial charge in [-0.1, -0.05) is 0 Å². The minimum Gasteiger partial charge on any atom is -0.385 e. The van der Waals surface area contributed by atoms with Gasteiger partial charge in [-0.05, 0) is 49.2 Å². The molecule has 1 aliphatic heterocycles. The number of fused-ring (bicyclic) bond motifs is 1. The van der Waals surface area contributed by atoms with Gasteiger partial charge in [0.05, 0.1) is 11.1 Å². The van der Waals surface area contributed by atoms with E-state index in [1.54, 1.807) is 31.5 Å². The molecule has 4 amide bonds. The summed E-state index contributed by atoms with van der Waals surface area (Å²) in [5.74, 6) is -0.272. The van der Waals surface area contributed by atoms with Crippen molar-refractivity contribution in [1.82, 2.24) is 9.88 Å². The van der Waals surface area contributed by atoms with E-state index in [2.05, 4.69) is 15.6 Å². The number of imide groups is 1.